The molecule has 2 aromatic carbocycles. The molecule has 1 unspecified atom stereocenters. The molecule has 31 heavy (non-hydrogen) atoms. The average molecular weight is 449 g/mol. The minimum Gasteiger partial charge on any atom is -0.451 e. The van der Waals surface area contributed by atoms with Gasteiger partial charge >= 0.3 is 5.97 Å². The topological polar surface area (TPSA) is 68.3 Å². The van der Waals surface area contributed by atoms with Crippen molar-refractivity contribution in [2.24, 2.45) is 0 Å². The average Bonchev–Trinajstić information content (AvgIpc) is 3.50. The maximum atomic E-state index is 12.5. The first-order chi connectivity index (χ1) is 15.2. The smallest absolute Gasteiger partial charge is 0.358 e. The van der Waals surface area contributed by atoms with Crippen LogP contribution in [0.5, 0.6) is 0 Å². The summed E-state index contributed by atoms with van der Waals surface area (Å²) in [5.74, 6) is -0.960. The first kappa shape index (κ1) is 21.0. The van der Waals surface area contributed by atoms with Gasteiger partial charge in [0.1, 0.15) is 5.01 Å². The molecule has 5 nitrogen and oxygen atoms in total. The van der Waals surface area contributed by atoms with Crippen LogP contribution >= 0.6 is 22.7 Å². The second kappa shape index (κ2) is 10.1. The Morgan fingerprint density at radius 1 is 0.968 bits per heavy atom. The Kier molecular flexibility index (Phi) is 6.86. The van der Waals surface area contributed by atoms with Crippen molar-refractivity contribution in [1.29, 1.82) is 0 Å². The number of aromatic nitrogens is 1. The highest BCUT2D eigenvalue weighted by Gasteiger charge is 2.18. The number of nitrogens with one attached hydrogen (secondary N) is 1. The first-order valence-electron chi connectivity index (χ1n) is 9.72. The quantitative estimate of drug-likeness (QED) is 0.380. The van der Waals surface area contributed by atoms with Crippen LogP contribution in [0.15, 0.2) is 82.9 Å². The van der Waals surface area contributed by atoms with Crippen molar-refractivity contribution in [3.8, 4) is 10.6 Å². The number of thiophene rings is 1. The molecule has 0 radical (unpaired) electrons. The Bertz CT molecular complexity index is 1130. The van der Waals surface area contributed by atoms with Crippen molar-refractivity contribution in [3.63, 3.8) is 0 Å². The molecule has 0 aliphatic heterocycles. The highest BCUT2D eigenvalue weighted by atomic mass is 32.1. The zero-order chi connectivity index (χ0) is 21.5. The summed E-state index contributed by atoms with van der Waals surface area (Å²) < 4.78 is 5.20. The minimum absolute atomic E-state index is 0.211. The Morgan fingerprint density at radius 3 is 2.42 bits per heavy atom. The molecule has 2 heterocycles. The number of carbonyl (C=O) groups excluding carboxylic acids is 2. The molecule has 1 N–H and O–H groups in total. The second-order valence-electron chi connectivity index (χ2n) is 6.85. The summed E-state index contributed by atoms with van der Waals surface area (Å²) in [6.45, 7) is -0.359. The van der Waals surface area contributed by atoms with Gasteiger partial charge in [-0.05, 0) is 29.0 Å². The molecule has 1 amide bonds. The Labute approximate surface area is 188 Å². The van der Waals surface area contributed by atoms with Gasteiger partial charge in [-0.25, -0.2) is 9.78 Å². The lowest BCUT2D eigenvalue weighted by atomic mass is 9.99. The summed E-state index contributed by atoms with van der Waals surface area (Å²) >= 11 is 2.94. The maximum Gasteiger partial charge on any atom is 0.358 e. The Morgan fingerprint density at radius 2 is 1.71 bits per heavy atom. The summed E-state index contributed by atoms with van der Waals surface area (Å²) in [5.41, 5.74) is 3.28. The molecule has 0 saturated carbocycles. The third-order valence-corrected chi connectivity index (χ3v) is 6.21. The van der Waals surface area contributed by atoms with Gasteiger partial charge in [0.25, 0.3) is 5.91 Å². The van der Waals surface area contributed by atoms with E-state index in [1.807, 2.05) is 77.5 Å². The Balaban J connectivity index is 1.37. The SMILES string of the molecule is O=C(COC(=O)c1csc(-c2ccsc2)n1)NC(Cc1ccccc1)c1ccccc1. The van der Waals surface area contributed by atoms with E-state index in [0.29, 0.717) is 6.42 Å². The van der Waals surface area contributed by atoms with Gasteiger partial charge in [-0.15, -0.1) is 11.3 Å². The predicted octanol–water partition coefficient (Wildman–Crippen LogP) is 5.13. The van der Waals surface area contributed by atoms with Gasteiger partial charge in [0.05, 0.1) is 6.04 Å². The van der Waals surface area contributed by atoms with Crippen molar-refractivity contribution in [2.75, 3.05) is 6.61 Å². The fraction of sp³-hybridized carbons (Fsp3) is 0.125. The number of amides is 1. The van der Waals surface area contributed by atoms with Gasteiger partial charge < -0.3 is 10.1 Å². The van der Waals surface area contributed by atoms with Crippen LogP contribution in [-0.4, -0.2) is 23.5 Å². The largest absolute Gasteiger partial charge is 0.451 e. The van der Waals surface area contributed by atoms with Crippen LogP contribution in [0.2, 0.25) is 0 Å². The lowest BCUT2D eigenvalue weighted by Gasteiger charge is -2.19. The van der Waals surface area contributed by atoms with E-state index in [2.05, 4.69) is 10.3 Å². The number of hydrogen-bond donors (Lipinski definition) is 1. The lowest BCUT2D eigenvalue weighted by molar-refractivity contribution is -0.125. The zero-order valence-corrected chi connectivity index (χ0v) is 18.2. The van der Waals surface area contributed by atoms with Gasteiger partial charge in [-0.3, -0.25) is 4.79 Å². The molecular weight excluding hydrogens is 428 g/mol. The van der Waals surface area contributed by atoms with E-state index >= 15 is 0 Å². The number of esters is 1. The van der Waals surface area contributed by atoms with Crippen molar-refractivity contribution in [1.82, 2.24) is 10.3 Å². The monoisotopic (exact) mass is 448 g/mol. The standard InChI is InChI=1S/C24H20N2O3S2/c27-22(14-29-24(28)21-16-31-23(26-21)19-11-12-30-15-19)25-20(18-9-5-2-6-10-18)13-17-7-3-1-4-8-17/h1-12,15-16,20H,13-14H2,(H,25,27). The van der Waals surface area contributed by atoms with Crippen molar-refractivity contribution in [3.05, 3.63) is 99.7 Å². The summed E-state index contributed by atoms with van der Waals surface area (Å²) in [4.78, 5) is 29.2. The van der Waals surface area contributed by atoms with Gasteiger partial charge in [0.2, 0.25) is 0 Å². The zero-order valence-electron chi connectivity index (χ0n) is 16.6. The second-order valence-corrected chi connectivity index (χ2v) is 8.48. The number of carbonyl (C=O) groups is 2. The van der Waals surface area contributed by atoms with Crippen LogP contribution in [0.3, 0.4) is 0 Å². The van der Waals surface area contributed by atoms with E-state index in [9.17, 15) is 9.59 Å². The van der Waals surface area contributed by atoms with Crippen LogP contribution in [0.1, 0.15) is 27.7 Å². The van der Waals surface area contributed by atoms with Crippen molar-refractivity contribution >= 4 is 34.6 Å². The van der Waals surface area contributed by atoms with E-state index < -0.39 is 5.97 Å². The van der Waals surface area contributed by atoms with E-state index in [0.717, 1.165) is 21.7 Å². The van der Waals surface area contributed by atoms with E-state index in [4.69, 9.17) is 4.74 Å². The molecule has 0 aliphatic carbocycles. The molecule has 0 saturated heterocycles. The highest BCUT2D eigenvalue weighted by molar-refractivity contribution is 7.14. The molecule has 7 heteroatoms. The lowest BCUT2D eigenvalue weighted by Crippen LogP contribution is -2.33. The van der Waals surface area contributed by atoms with E-state index in [-0.39, 0.29) is 24.2 Å². The molecule has 0 fully saturated rings. The highest BCUT2D eigenvalue weighted by Crippen LogP contribution is 2.26. The molecule has 4 aromatic rings. The molecule has 2 aromatic heterocycles. The molecule has 0 bridgehead atoms. The number of nitrogens with zero attached hydrogens (tertiary/aromatic N) is 1. The third kappa shape index (κ3) is 5.65. The summed E-state index contributed by atoms with van der Waals surface area (Å²) in [6.07, 6.45) is 0.640. The Hall–Kier alpha value is -3.29. The molecule has 0 spiro atoms. The van der Waals surface area contributed by atoms with Crippen LogP contribution in [0.4, 0.5) is 0 Å². The third-order valence-electron chi connectivity index (χ3n) is 4.64. The van der Waals surface area contributed by atoms with Gasteiger partial charge in [-0.2, -0.15) is 11.3 Å². The van der Waals surface area contributed by atoms with Crippen LogP contribution in [-0.2, 0) is 16.0 Å². The van der Waals surface area contributed by atoms with E-state index in [1.54, 1.807) is 16.7 Å². The van der Waals surface area contributed by atoms with Crippen molar-refractivity contribution < 1.29 is 14.3 Å². The number of hydrogen-bond acceptors (Lipinski definition) is 6. The van der Waals surface area contributed by atoms with Crippen LogP contribution in [0.25, 0.3) is 10.6 Å². The molecule has 156 valence electrons. The minimum atomic E-state index is -0.604. The normalized spacial score (nSPS) is 11.6. The molecule has 0 aliphatic rings. The molecular formula is C24H20N2O3S2. The fourth-order valence-electron chi connectivity index (χ4n) is 3.11. The van der Waals surface area contributed by atoms with Crippen molar-refractivity contribution in [2.45, 2.75) is 12.5 Å². The van der Waals surface area contributed by atoms with Gasteiger partial charge in [0, 0.05) is 16.3 Å². The summed E-state index contributed by atoms with van der Waals surface area (Å²) in [7, 11) is 0. The number of benzene rings is 2. The van der Waals surface area contributed by atoms with Gasteiger partial charge in [-0.1, -0.05) is 60.7 Å². The molecule has 4 rings (SSSR count). The number of thiazole rings is 1. The summed E-state index contributed by atoms with van der Waals surface area (Å²) in [5, 5.41) is 9.31. The van der Waals surface area contributed by atoms with Gasteiger partial charge in [0.15, 0.2) is 12.3 Å². The van der Waals surface area contributed by atoms with Crippen LogP contribution < -0.4 is 5.32 Å². The first-order valence-corrected chi connectivity index (χ1v) is 11.5. The molecule has 1 atom stereocenters. The van der Waals surface area contributed by atoms with Crippen LogP contribution in [0, 0.1) is 0 Å². The summed E-state index contributed by atoms with van der Waals surface area (Å²) in [6, 6.07) is 21.4. The van der Waals surface area contributed by atoms with E-state index in [1.165, 1.54) is 11.3 Å². The number of ether oxygens (including phenoxy) is 1. The maximum absolute atomic E-state index is 12.5. The fourth-order valence-corrected chi connectivity index (χ4v) is 4.62. The predicted molar refractivity (Wildman–Crippen MR) is 123 cm³/mol. The number of rotatable bonds is 8.